The Hall–Kier alpha value is -2.01. The summed E-state index contributed by atoms with van der Waals surface area (Å²) in [5.41, 5.74) is 7.48. The lowest BCUT2D eigenvalue weighted by Gasteiger charge is -2.23. The van der Waals surface area contributed by atoms with Crippen LogP contribution in [-0.2, 0) is 11.2 Å². The summed E-state index contributed by atoms with van der Waals surface area (Å²) in [6.45, 7) is 5.88. The monoisotopic (exact) mass is 289 g/mol. The smallest absolute Gasteiger partial charge is 0.407 e. The lowest BCUT2D eigenvalue weighted by atomic mass is 10.0. The van der Waals surface area contributed by atoms with Gasteiger partial charge in [-0.05, 0) is 56.3 Å². The van der Waals surface area contributed by atoms with Crippen molar-refractivity contribution in [2.24, 2.45) is 5.73 Å². The summed E-state index contributed by atoms with van der Waals surface area (Å²) in [7, 11) is 0. The zero-order chi connectivity index (χ0) is 15.5. The molecule has 0 aliphatic carbocycles. The Balaban J connectivity index is 1.99. The van der Waals surface area contributed by atoms with Crippen molar-refractivity contribution >= 4 is 17.0 Å². The van der Waals surface area contributed by atoms with Crippen molar-refractivity contribution in [3.05, 3.63) is 36.0 Å². The Bertz CT molecular complexity index is 613. The van der Waals surface area contributed by atoms with E-state index in [2.05, 4.69) is 16.4 Å². The zero-order valence-corrected chi connectivity index (χ0v) is 12.8. The summed E-state index contributed by atoms with van der Waals surface area (Å²) >= 11 is 0. The Kier molecular flexibility index (Phi) is 4.53. The molecule has 5 nitrogen and oxygen atoms in total. The predicted octanol–water partition coefficient (Wildman–Crippen LogP) is 2.56. The van der Waals surface area contributed by atoms with E-state index in [-0.39, 0.29) is 6.04 Å². The highest BCUT2D eigenvalue weighted by Gasteiger charge is 2.19. The first-order chi connectivity index (χ1) is 9.87. The highest BCUT2D eigenvalue weighted by molar-refractivity contribution is 5.80. The zero-order valence-electron chi connectivity index (χ0n) is 12.8. The van der Waals surface area contributed by atoms with E-state index in [0.29, 0.717) is 13.0 Å². The predicted molar refractivity (Wildman–Crippen MR) is 84.2 cm³/mol. The number of fused-ring (bicyclic) bond motifs is 1. The van der Waals surface area contributed by atoms with E-state index in [1.807, 2.05) is 45.2 Å². The first-order valence-electron chi connectivity index (χ1n) is 7.13. The summed E-state index contributed by atoms with van der Waals surface area (Å²) in [6.07, 6.45) is 2.16. The van der Waals surface area contributed by atoms with Crippen LogP contribution in [0.1, 0.15) is 26.3 Å². The summed E-state index contributed by atoms with van der Waals surface area (Å²) in [5, 5.41) is 3.97. The summed E-state index contributed by atoms with van der Waals surface area (Å²) in [4.78, 5) is 15.0. The number of carbonyl (C=O) groups excluding carboxylic acids is 1. The summed E-state index contributed by atoms with van der Waals surface area (Å²) in [6, 6.07) is 8.06. The van der Waals surface area contributed by atoms with Crippen molar-refractivity contribution in [2.45, 2.75) is 38.8 Å². The number of benzene rings is 1. The standard InChI is InChI=1S/C16H23N3O2/c1-16(2,3)21-15(20)19-13(10-17)9-11-4-5-14-12(8-11)6-7-18-14/h4-8,13,18H,9-10,17H2,1-3H3,(H,19,20). The van der Waals surface area contributed by atoms with Crippen molar-refractivity contribution in [1.82, 2.24) is 10.3 Å². The molecule has 21 heavy (non-hydrogen) atoms. The third kappa shape index (κ3) is 4.49. The van der Waals surface area contributed by atoms with Gasteiger partial charge in [-0.25, -0.2) is 4.79 Å². The number of hydrogen-bond donors (Lipinski definition) is 3. The van der Waals surface area contributed by atoms with Crippen molar-refractivity contribution < 1.29 is 9.53 Å². The second-order valence-electron chi connectivity index (χ2n) is 6.18. The maximum absolute atomic E-state index is 11.8. The first-order valence-corrected chi connectivity index (χ1v) is 7.13. The molecular formula is C16H23N3O2. The molecule has 0 fully saturated rings. The molecule has 0 saturated carbocycles. The SMILES string of the molecule is CC(C)(C)OC(=O)NC(CN)Cc1ccc2[nH]ccc2c1. The normalized spacial score (nSPS) is 13.1. The third-order valence-electron chi connectivity index (χ3n) is 3.11. The fraction of sp³-hybridized carbons (Fsp3) is 0.438. The summed E-state index contributed by atoms with van der Waals surface area (Å²) < 4.78 is 5.25. The molecule has 1 heterocycles. The van der Waals surface area contributed by atoms with Crippen LogP contribution in [-0.4, -0.2) is 29.3 Å². The number of aromatic amines is 1. The molecule has 1 aromatic heterocycles. The van der Waals surface area contributed by atoms with Gasteiger partial charge in [0.15, 0.2) is 0 Å². The van der Waals surface area contributed by atoms with Crippen molar-refractivity contribution in [2.75, 3.05) is 6.54 Å². The van der Waals surface area contributed by atoms with Crippen LogP contribution in [0.2, 0.25) is 0 Å². The fourth-order valence-corrected chi connectivity index (χ4v) is 2.18. The molecule has 0 aliphatic rings. The van der Waals surface area contributed by atoms with Crippen LogP contribution in [0.4, 0.5) is 4.79 Å². The second-order valence-corrected chi connectivity index (χ2v) is 6.18. The van der Waals surface area contributed by atoms with Gasteiger partial charge in [0.2, 0.25) is 0 Å². The Morgan fingerprint density at radius 1 is 1.38 bits per heavy atom. The average Bonchev–Trinajstić information content (AvgIpc) is 2.83. The number of rotatable bonds is 4. The number of carbonyl (C=O) groups is 1. The van der Waals surface area contributed by atoms with Crippen LogP contribution in [0, 0.1) is 0 Å². The van der Waals surface area contributed by atoms with Crippen molar-refractivity contribution in [3.8, 4) is 0 Å². The highest BCUT2D eigenvalue weighted by Crippen LogP contribution is 2.15. The average molecular weight is 289 g/mol. The van der Waals surface area contributed by atoms with E-state index in [1.165, 1.54) is 0 Å². The van der Waals surface area contributed by atoms with Crippen molar-refractivity contribution in [1.29, 1.82) is 0 Å². The number of aromatic nitrogens is 1. The number of H-pyrrole nitrogens is 1. The van der Waals surface area contributed by atoms with Gasteiger partial charge in [0.1, 0.15) is 5.60 Å². The van der Waals surface area contributed by atoms with Gasteiger partial charge in [0.05, 0.1) is 0 Å². The lowest BCUT2D eigenvalue weighted by Crippen LogP contribution is -2.44. The first kappa shape index (κ1) is 15.4. The van der Waals surface area contributed by atoms with E-state index >= 15 is 0 Å². The Morgan fingerprint density at radius 2 is 2.14 bits per heavy atom. The molecule has 5 heteroatoms. The number of alkyl carbamates (subject to hydrolysis) is 1. The van der Waals surface area contributed by atoms with Gasteiger partial charge in [-0.3, -0.25) is 0 Å². The Morgan fingerprint density at radius 3 is 2.81 bits per heavy atom. The molecule has 0 saturated heterocycles. The largest absolute Gasteiger partial charge is 0.444 e. The van der Waals surface area contributed by atoms with Crippen LogP contribution in [0.5, 0.6) is 0 Å². The topological polar surface area (TPSA) is 80.1 Å². The van der Waals surface area contributed by atoms with E-state index < -0.39 is 11.7 Å². The third-order valence-corrected chi connectivity index (χ3v) is 3.11. The van der Waals surface area contributed by atoms with Crippen molar-refractivity contribution in [3.63, 3.8) is 0 Å². The molecule has 4 N–H and O–H groups in total. The molecule has 0 bridgehead atoms. The molecule has 2 rings (SSSR count). The van der Waals surface area contributed by atoms with Crippen LogP contribution >= 0.6 is 0 Å². The van der Waals surface area contributed by atoms with Gasteiger partial charge >= 0.3 is 6.09 Å². The van der Waals surface area contributed by atoms with E-state index in [0.717, 1.165) is 16.5 Å². The molecule has 1 atom stereocenters. The fourth-order valence-electron chi connectivity index (χ4n) is 2.18. The quantitative estimate of drug-likeness (QED) is 0.809. The van der Waals surface area contributed by atoms with E-state index in [4.69, 9.17) is 10.5 Å². The maximum atomic E-state index is 11.8. The molecule has 114 valence electrons. The van der Waals surface area contributed by atoms with Gasteiger partial charge in [0.25, 0.3) is 0 Å². The number of nitrogens with two attached hydrogens (primary N) is 1. The Labute approximate surface area is 124 Å². The van der Waals surface area contributed by atoms with Gasteiger partial charge in [0, 0.05) is 24.3 Å². The molecule has 1 aromatic carbocycles. The van der Waals surface area contributed by atoms with Gasteiger partial charge in [-0.15, -0.1) is 0 Å². The van der Waals surface area contributed by atoms with Crippen LogP contribution in [0.15, 0.2) is 30.5 Å². The number of ether oxygens (including phenoxy) is 1. The lowest BCUT2D eigenvalue weighted by molar-refractivity contribution is 0.0506. The summed E-state index contributed by atoms with van der Waals surface area (Å²) in [5.74, 6) is 0. The molecule has 2 aromatic rings. The minimum Gasteiger partial charge on any atom is -0.444 e. The second kappa shape index (κ2) is 6.18. The highest BCUT2D eigenvalue weighted by atomic mass is 16.6. The minimum absolute atomic E-state index is 0.142. The van der Waals surface area contributed by atoms with E-state index in [9.17, 15) is 4.79 Å². The van der Waals surface area contributed by atoms with Crippen LogP contribution < -0.4 is 11.1 Å². The van der Waals surface area contributed by atoms with Gasteiger partial charge in [-0.1, -0.05) is 6.07 Å². The number of amides is 1. The number of hydrogen-bond acceptors (Lipinski definition) is 3. The van der Waals surface area contributed by atoms with Crippen LogP contribution in [0.3, 0.4) is 0 Å². The molecule has 0 radical (unpaired) electrons. The molecule has 1 amide bonds. The van der Waals surface area contributed by atoms with Gasteiger partial charge in [-0.2, -0.15) is 0 Å². The minimum atomic E-state index is -0.507. The maximum Gasteiger partial charge on any atom is 0.407 e. The van der Waals surface area contributed by atoms with E-state index in [1.54, 1.807) is 0 Å². The molecule has 0 aliphatic heterocycles. The van der Waals surface area contributed by atoms with Gasteiger partial charge < -0.3 is 20.8 Å². The number of nitrogens with one attached hydrogen (secondary N) is 2. The molecular weight excluding hydrogens is 266 g/mol. The molecule has 0 spiro atoms. The molecule has 1 unspecified atom stereocenters. The van der Waals surface area contributed by atoms with Crippen LogP contribution in [0.25, 0.3) is 10.9 Å².